The average Bonchev–Trinajstić information content (AvgIpc) is 3.02. The van der Waals surface area contributed by atoms with Crippen LogP contribution in [0, 0.1) is 0 Å². The van der Waals surface area contributed by atoms with E-state index in [1.807, 2.05) is 0 Å². The van der Waals surface area contributed by atoms with Gasteiger partial charge in [0, 0.05) is 38.4 Å². The molecule has 138 valence electrons. The standard InChI is InChI=1S/C14H18F3N5O2S/c1-18-13(19-5-6-22-11(23)3-2-4-12(22)24)20-7-10-21-9(8-25-10)14(15,16)17/h8H,2-7H2,1H3,(H2,18,19,20). The third-order valence-electron chi connectivity index (χ3n) is 3.48. The van der Waals surface area contributed by atoms with Gasteiger partial charge in [-0.3, -0.25) is 19.5 Å². The highest BCUT2D eigenvalue weighted by Gasteiger charge is 2.33. The molecular weight excluding hydrogens is 359 g/mol. The van der Waals surface area contributed by atoms with Crippen molar-refractivity contribution in [2.45, 2.75) is 32.0 Å². The Morgan fingerprint density at radius 3 is 2.56 bits per heavy atom. The number of likely N-dealkylation sites (tertiary alicyclic amines) is 1. The SMILES string of the molecule is CN=C(NCCN1C(=O)CCCC1=O)NCc1nc(C(F)(F)F)cs1. The molecule has 2 N–H and O–H groups in total. The molecule has 1 aliphatic heterocycles. The molecule has 0 spiro atoms. The van der Waals surface area contributed by atoms with Gasteiger partial charge >= 0.3 is 6.18 Å². The van der Waals surface area contributed by atoms with E-state index < -0.39 is 11.9 Å². The van der Waals surface area contributed by atoms with Crippen LogP contribution < -0.4 is 10.6 Å². The molecule has 1 aromatic heterocycles. The molecule has 0 saturated carbocycles. The number of amides is 2. The van der Waals surface area contributed by atoms with Crippen molar-refractivity contribution in [1.29, 1.82) is 0 Å². The van der Waals surface area contributed by atoms with E-state index in [1.165, 1.54) is 11.9 Å². The van der Waals surface area contributed by atoms with Gasteiger partial charge in [0.25, 0.3) is 0 Å². The zero-order chi connectivity index (χ0) is 18.4. The number of imide groups is 1. The lowest BCUT2D eigenvalue weighted by molar-refractivity contribution is -0.147. The first-order valence-electron chi connectivity index (χ1n) is 7.60. The highest BCUT2D eigenvalue weighted by Crippen LogP contribution is 2.29. The summed E-state index contributed by atoms with van der Waals surface area (Å²) in [5.74, 6) is -0.0346. The highest BCUT2D eigenvalue weighted by atomic mass is 32.1. The molecule has 1 aliphatic rings. The van der Waals surface area contributed by atoms with E-state index in [9.17, 15) is 22.8 Å². The van der Waals surface area contributed by atoms with Crippen molar-refractivity contribution in [3.63, 3.8) is 0 Å². The number of carbonyl (C=O) groups excluding carboxylic acids is 2. The molecule has 0 aromatic carbocycles. The van der Waals surface area contributed by atoms with Crippen molar-refractivity contribution in [3.8, 4) is 0 Å². The molecule has 25 heavy (non-hydrogen) atoms. The molecule has 11 heteroatoms. The molecule has 1 saturated heterocycles. The number of guanidine groups is 1. The Bertz CT molecular complexity index is 643. The first kappa shape index (κ1) is 19.2. The summed E-state index contributed by atoms with van der Waals surface area (Å²) in [4.78, 5) is 32.0. The van der Waals surface area contributed by atoms with Crippen LogP contribution in [0.2, 0.25) is 0 Å². The number of alkyl halides is 3. The summed E-state index contributed by atoms with van der Waals surface area (Å²) in [6.07, 6.45) is -3.14. The molecule has 1 fully saturated rings. The summed E-state index contributed by atoms with van der Waals surface area (Å²) in [5, 5.41) is 6.99. The van der Waals surface area contributed by atoms with E-state index in [0.29, 0.717) is 31.8 Å². The minimum Gasteiger partial charge on any atom is -0.355 e. The van der Waals surface area contributed by atoms with Crippen molar-refractivity contribution >= 4 is 29.1 Å². The van der Waals surface area contributed by atoms with Crippen molar-refractivity contribution in [2.24, 2.45) is 4.99 Å². The summed E-state index contributed by atoms with van der Waals surface area (Å²) < 4.78 is 37.5. The minimum atomic E-state index is -4.46. The van der Waals surface area contributed by atoms with Crippen LogP contribution in [0.3, 0.4) is 0 Å². The molecule has 0 atom stereocenters. The van der Waals surface area contributed by atoms with E-state index in [2.05, 4.69) is 20.6 Å². The Kier molecular flexibility index (Phi) is 6.34. The number of aliphatic imine (C=N–C) groups is 1. The minimum absolute atomic E-state index is 0.0853. The number of nitrogens with zero attached hydrogens (tertiary/aromatic N) is 3. The van der Waals surface area contributed by atoms with E-state index in [0.717, 1.165) is 16.7 Å². The second-order valence-corrected chi connectivity index (χ2v) is 6.21. The second-order valence-electron chi connectivity index (χ2n) is 5.27. The van der Waals surface area contributed by atoms with Gasteiger partial charge < -0.3 is 10.6 Å². The van der Waals surface area contributed by atoms with Gasteiger partial charge in [-0.25, -0.2) is 4.98 Å². The van der Waals surface area contributed by atoms with Gasteiger partial charge in [0.05, 0.1) is 6.54 Å². The van der Waals surface area contributed by atoms with E-state index >= 15 is 0 Å². The number of carbonyl (C=O) groups is 2. The Balaban J connectivity index is 1.78. The Morgan fingerprint density at radius 1 is 1.32 bits per heavy atom. The topological polar surface area (TPSA) is 86.7 Å². The van der Waals surface area contributed by atoms with Crippen LogP contribution in [0.5, 0.6) is 0 Å². The summed E-state index contributed by atoms with van der Waals surface area (Å²) in [7, 11) is 1.51. The average molecular weight is 377 g/mol. The van der Waals surface area contributed by atoms with Crippen molar-refractivity contribution in [3.05, 3.63) is 16.1 Å². The lowest BCUT2D eigenvalue weighted by Crippen LogP contribution is -2.46. The lowest BCUT2D eigenvalue weighted by Gasteiger charge is -2.25. The van der Waals surface area contributed by atoms with Gasteiger partial charge in [0.1, 0.15) is 5.01 Å². The number of rotatable bonds is 5. The second kappa shape index (κ2) is 8.28. The molecule has 0 aliphatic carbocycles. The third kappa shape index (κ3) is 5.41. The highest BCUT2D eigenvalue weighted by molar-refractivity contribution is 7.09. The number of nitrogens with one attached hydrogen (secondary N) is 2. The van der Waals surface area contributed by atoms with Gasteiger partial charge in [-0.2, -0.15) is 13.2 Å². The van der Waals surface area contributed by atoms with Crippen LogP contribution in [-0.4, -0.2) is 47.8 Å². The monoisotopic (exact) mass is 377 g/mol. The molecule has 1 aromatic rings. The predicted molar refractivity (Wildman–Crippen MR) is 85.9 cm³/mol. The smallest absolute Gasteiger partial charge is 0.355 e. The maximum Gasteiger partial charge on any atom is 0.434 e. The number of halogens is 3. The number of hydrogen-bond acceptors (Lipinski definition) is 5. The fraction of sp³-hybridized carbons (Fsp3) is 0.571. The quantitative estimate of drug-likeness (QED) is 0.460. The van der Waals surface area contributed by atoms with Crippen LogP contribution in [0.1, 0.15) is 30.0 Å². The van der Waals surface area contributed by atoms with Gasteiger partial charge in [-0.1, -0.05) is 0 Å². The Labute approximate surface area is 146 Å². The van der Waals surface area contributed by atoms with Crippen molar-refractivity contribution in [2.75, 3.05) is 20.1 Å². The molecular formula is C14H18F3N5O2S. The zero-order valence-electron chi connectivity index (χ0n) is 13.5. The third-order valence-corrected chi connectivity index (χ3v) is 4.33. The molecule has 0 unspecified atom stereocenters. The van der Waals surface area contributed by atoms with Crippen LogP contribution in [-0.2, 0) is 22.3 Å². The van der Waals surface area contributed by atoms with Crippen LogP contribution >= 0.6 is 11.3 Å². The van der Waals surface area contributed by atoms with E-state index in [4.69, 9.17) is 0 Å². The van der Waals surface area contributed by atoms with Gasteiger partial charge in [0.15, 0.2) is 11.7 Å². The Hall–Kier alpha value is -2.17. The maximum atomic E-state index is 12.5. The Morgan fingerprint density at radius 2 is 2.00 bits per heavy atom. The van der Waals surface area contributed by atoms with Crippen LogP contribution in [0.25, 0.3) is 0 Å². The lowest BCUT2D eigenvalue weighted by atomic mass is 10.1. The summed E-state index contributed by atoms with van der Waals surface area (Å²) in [6.45, 7) is 0.596. The van der Waals surface area contributed by atoms with Crippen LogP contribution in [0.4, 0.5) is 13.2 Å². The summed E-state index contributed by atoms with van der Waals surface area (Å²) in [6, 6.07) is 0. The molecule has 0 radical (unpaired) electrons. The van der Waals surface area contributed by atoms with Crippen molar-refractivity contribution in [1.82, 2.24) is 20.5 Å². The van der Waals surface area contributed by atoms with E-state index in [1.54, 1.807) is 0 Å². The molecule has 2 heterocycles. The molecule has 7 nitrogen and oxygen atoms in total. The first-order valence-corrected chi connectivity index (χ1v) is 8.48. The first-order chi connectivity index (χ1) is 11.8. The number of aromatic nitrogens is 1. The fourth-order valence-corrected chi connectivity index (χ4v) is 2.98. The normalized spacial score (nSPS) is 16.3. The summed E-state index contributed by atoms with van der Waals surface area (Å²) >= 11 is 0.902. The fourth-order valence-electron chi connectivity index (χ4n) is 2.24. The predicted octanol–water partition coefficient (Wildman–Crippen LogP) is 1.37. The van der Waals surface area contributed by atoms with Crippen molar-refractivity contribution < 1.29 is 22.8 Å². The van der Waals surface area contributed by atoms with Gasteiger partial charge in [0.2, 0.25) is 11.8 Å². The summed E-state index contributed by atoms with van der Waals surface area (Å²) in [5.41, 5.74) is -0.917. The number of hydrogen-bond donors (Lipinski definition) is 2. The van der Waals surface area contributed by atoms with Crippen LogP contribution in [0.15, 0.2) is 10.4 Å². The van der Waals surface area contributed by atoms with Gasteiger partial charge in [-0.15, -0.1) is 11.3 Å². The number of piperidine rings is 1. The zero-order valence-corrected chi connectivity index (χ0v) is 14.3. The maximum absolute atomic E-state index is 12.5. The largest absolute Gasteiger partial charge is 0.434 e. The number of thiazole rings is 1. The molecule has 0 bridgehead atoms. The molecule has 2 rings (SSSR count). The van der Waals surface area contributed by atoms with E-state index in [-0.39, 0.29) is 29.9 Å². The van der Waals surface area contributed by atoms with Gasteiger partial charge in [-0.05, 0) is 6.42 Å². The molecule has 2 amide bonds.